The van der Waals surface area contributed by atoms with Gasteiger partial charge < -0.3 is 15.0 Å². The van der Waals surface area contributed by atoms with Crippen LogP contribution < -0.4 is 10.1 Å². The number of aryl methyl sites for hydroxylation is 1. The van der Waals surface area contributed by atoms with Crippen molar-refractivity contribution in [3.05, 3.63) is 47.8 Å². The summed E-state index contributed by atoms with van der Waals surface area (Å²) >= 11 is 0. The molecule has 158 valence electrons. The fourth-order valence-electron chi connectivity index (χ4n) is 3.38. The molecule has 0 spiro atoms. The van der Waals surface area contributed by atoms with Crippen LogP contribution in [0.5, 0.6) is 5.75 Å². The zero-order valence-electron chi connectivity index (χ0n) is 16.6. The van der Waals surface area contributed by atoms with E-state index < -0.39 is 11.7 Å². The number of nitrogens with one attached hydrogen (secondary N) is 1. The van der Waals surface area contributed by atoms with Gasteiger partial charge >= 0.3 is 6.18 Å². The molecule has 1 fully saturated rings. The Hall–Kier alpha value is -2.71. The molecule has 9 heteroatoms. The molecule has 29 heavy (non-hydrogen) atoms. The first-order valence-electron chi connectivity index (χ1n) is 9.68. The van der Waals surface area contributed by atoms with Gasteiger partial charge in [0.25, 0.3) is 0 Å². The molecule has 1 unspecified atom stereocenters. The SMILES string of the molecule is CCNC(=NCCOc1cccc(C(F)(F)F)c1)N1CCC(c2cnn(C)c2)C1. The van der Waals surface area contributed by atoms with E-state index in [1.165, 1.54) is 17.7 Å². The molecule has 6 nitrogen and oxygen atoms in total. The lowest BCUT2D eigenvalue weighted by Crippen LogP contribution is -2.40. The molecule has 0 aliphatic carbocycles. The van der Waals surface area contributed by atoms with E-state index in [-0.39, 0.29) is 12.4 Å². The van der Waals surface area contributed by atoms with Gasteiger partial charge in [0.15, 0.2) is 5.96 Å². The van der Waals surface area contributed by atoms with Gasteiger partial charge in [-0.05, 0) is 37.1 Å². The van der Waals surface area contributed by atoms with E-state index in [0.717, 1.165) is 44.1 Å². The lowest BCUT2D eigenvalue weighted by molar-refractivity contribution is -0.137. The second kappa shape index (κ2) is 9.19. The number of aliphatic imine (C=N–C) groups is 1. The van der Waals surface area contributed by atoms with E-state index in [4.69, 9.17) is 4.74 Å². The predicted molar refractivity (Wildman–Crippen MR) is 105 cm³/mol. The number of hydrogen-bond acceptors (Lipinski definition) is 3. The van der Waals surface area contributed by atoms with Crippen LogP contribution in [0.3, 0.4) is 0 Å². The maximum Gasteiger partial charge on any atom is 0.416 e. The van der Waals surface area contributed by atoms with Crippen molar-refractivity contribution in [1.29, 1.82) is 0 Å². The van der Waals surface area contributed by atoms with Gasteiger partial charge in [0.2, 0.25) is 0 Å². The molecule has 1 saturated heterocycles. The zero-order chi connectivity index (χ0) is 20.9. The van der Waals surface area contributed by atoms with Crippen LogP contribution in [0.1, 0.15) is 30.4 Å². The third-order valence-corrected chi connectivity index (χ3v) is 4.80. The van der Waals surface area contributed by atoms with Crippen molar-refractivity contribution in [3.8, 4) is 5.75 Å². The summed E-state index contributed by atoms with van der Waals surface area (Å²) in [6, 6.07) is 4.89. The van der Waals surface area contributed by atoms with Crippen LogP contribution in [-0.4, -0.2) is 53.4 Å². The minimum atomic E-state index is -4.38. The Labute approximate surface area is 168 Å². The number of ether oxygens (including phenoxy) is 1. The Bertz CT molecular complexity index is 834. The van der Waals surface area contributed by atoms with Gasteiger partial charge in [0, 0.05) is 38.8 Å². The molecule has 1 atom stereocenters. The molecule has 0 radical (unpaired) electrons. The highest BCUT2D eigenvalue weighted by Crippen LogP contribution is 2.31. The monoisotopic (exact) mass is 409 g/mol. The molecule has 2 aromatic rings. The van der Waals surface area contributed by atoms with Crippen LogP contribution in [0.2, 0.25) is 0 Å². The van der Waals surface area contributed by atoms with Crippen molar-refractivity contribution in [1.82, 2.24) is 20.0 Å². The topological polar surface area (TPSA) is 54.7 Å². The number of likely N-dealkylation sites (tertiary alicyclic amines) is 1. The van der Waals surface area contributed by atoms with Crippen LogP contribution >= 0.6 is 0 Å². The fourth-order valence-corrected chi connectivity index (χ4v) is 3.38. The molecule has 0 saturated carbocycles. The maximum absolute atomic E-state index is 12.8. The number of benzene rings is 1. The normalized spacial score (nSPS) is 17.6. The van der Waals surface area contributed by atoms with Crippen molar-refractivity contribution in [2.24, 2.45) is 12.0 Å². The largest absolute Gasteiger partial charge is 0.492 e. The summed E-state index contributed by atoms with van der Waals surface area (Å²) in [6.07, 6.45) is 0.593. The van der Waals surface area contributed by atoms with Crippen molar-refractivity contribution in [3.63, 3.8) is 0 Å². The molecule has 3 rings (SSSR count). The molecule has 1 aliphatic rings. The highest BCUT2D eigenvalue weighted by atomic mass is 19.4. The predicted octanol–water partition coefficient (Wildman–Crippen LogP) is 3.27. The Morgan fingerprint density at radius 3 is 2.90 bits per heavy atom. The molecule has 1 N–H and O–H groups in total. The van der Waals surface area contributed by atoms with Gasteiger partial charge in [-0.3, -0.25) is 4.68 Å². The number of alkyl halides is 3. The van der Waals surface area contributed by atoms with E-state index in [1.54, 1.807) is 0 Å². The molecular formula is C20H26F3N5O. The summed E-state index contributed by atoms with van der Waals surface area (Å²) in [7, 11) is 1.91. The summed E-state index contributed by atoms with van der Waals surface area (Å²) in [6.45, 7) is 5.04. The van der Waals surface area contributed by atoms with E-state index in [0.29, 0.717) is 12.5 Å². The fraction of sp³-hybridized carbons (Fsp3) is 0.500. The first-order valence-corrected chi connectivity index (χ1v) is 9.68. The van der Waals surface area contributed by atoms with E-state index in [2.05, 4.69) is 20.3 Å². The van der Waals surface area contributed by atoms with Crippen molar-refractivity contribution in [2.45, 2.75) is 25.4 Å². The number of nitrogens with zero attached hydrogens (tertiary/aromatic N) is 4. The second-order valence-corrected chi connectivity index (χ2v) is 6.99. The van der Waals surface area contributed by atoms with Crippen LogP contribution in [0.25, 0.3) is 0 Å². The maximum atomic E-state index is 12.8. The Kier molecular flexibility index (Phi) is 6.66. The highest BCUT2D eigenvalue weighted by molar-refractivity contribution is 5.80. The number of aromatic nitrogens is 2. The zero-order valence-corrected chi connectivity index (χ0v) is 16.6. The molecule has 0 bridgehead atoms. The summed E-state index contributed by atoms with van der Waals surface area (Å²) in [5, 5.41) is 7.52. The Morgan fingerprint density at radius 2 is 2.21 bits per heavy atom. The molecule has 1 aromatic heterocycles. The van der Waals surface area contributed by atoms with Crippen molar-refractivity contribution >= 4 is 5.96 Å². The summed E-state index contributed by atoms with van der Waals surface area (Å²) in [4.78, 5) is 6.78. The Morgan fingerprint density at radius 1 is 1.38 bits per heavy atom. The number of hydrogen-bond donors (Lipinski definition) is 1. The molecular weight excluding hydrogens is 383 g/mol. The van der Waals surface area contributed by atoms with Crippen molar-refractivity contribution in [2.75, 3.05) is 32.8 Å². The van der Waals surface area contributed by atoms with E-state index in [9.17, 15) is 13.2 Å². The van der Waals surface area contributed by atoms with Gasteiger partial charge in [-0.15, -0.1) is 0 Å². The first kappa shape index (κ1) is 21.0. The van der Waals surface area contributed by atoms with Crippen LogP contribution in [-0.2, 0) is 13.2 Å². The third-order valence-electron chi connectivity index (χ3n) is 4.80. The summed E-state index contributed by atoms with van der Waals surface area (Å²) < 4.78 is 45.6. The van der Waals surface area contributed by atoms with Crippen LogP contribution in [0.15, 0.2) is 41.7 Å². The number of halogens is 3. The van der Waals surface area contributed by atoms with Gasteiger partial charge in [0.05, 0.1) is 18.3 Å². The van der Waals surface area contributed by atoms with Gasteiger partial charge in [-0.25, -0.2) is 4.99 Å². The van der Waals surface area contributed by atoms with E-state index in [1.807, 2.05) is 31.0 Å². The molecule has 0 amide bonds. The quantitative estimate of drug-likeness (QED) is 0.452. The smallest absolute Gasteiger partial charge is 0.416 e. The average molecular weight is 409 g/mol. The standard InChI is InChI=1S/C20H26F3N5O/c1-3-24-19(28-9-7-15(14-28)16-12-26-27(2)13-16)25-8-10-29-18-6-4-5-17(11-18)20(21,22)23/h4-6,11-13,15H,3,7-10,14H2,1-2H3,(H,24,25). The van der Waals surface area contributed by atoms with Gasteiger partial charge in [-0.1, -0.05) is 6.07 Å². The number of rotatable bonds is 6. The third kappa shape index (κ3) is 5.65. The summed E-state index contributed by atoms with van der Waals surface area (Å²) in [5.41, 5.74) is 0.504. The van der Waals surface area contributed by atoms with Gasteiger partial charge in [-0.2, -0.15) is 18.3 Å². The molecule has 1 aromatic carbocycles. The molecule has 1 aliphatic heterocycles. The van der Waals surface area contributed by atoms with Gasteiger partial charge in [0.1, 0.15) is 12.4 Å². The summed E-state index contributed by atoms with van der Waals surface area (Å²) in [5.74, 6) is 1.40. The highest BCUT2D eigenvalue weighted by Gasteiger charge is 2.30. The average Bonchev–Trinajstić information content (AvgIpc) is 3.33. The van der Waals surface area contributed by atoms with E-state index >= 15 is 0 Å². The first-order chi connectivity index (χ1) is 13.9. The Balaban J connectivity index is 1.55. The van der Waals surface area contributed by atoms with Crippen LogP contribution in [0, 0.1) is 0 Å². The minimum absolute atomic E-state index is 0.192. The molecule has 2 heterocycles. The van der Waals surface area contributed by atoms with Crippen LogP contribution in [0.4, 0.5) is 13.2 Å². The second-order valence-electron chi connectivity index (χ2n) is 6.99. The van der Waals surface area contributed by atoms with Crippen molar-refractivity contribution < 1.29 is 17.9 Å². The minimum Gasteiger partial charge on any atom is -0.492 e. The lowest BCUT2D eigenvalue weighted by atomic mass is 10.0. The number of guanidine groups is 1. The lowest BCUT2D eigenvalue weighted by Gasteiger charge is -2.21.